The normalized spacial score (nSPS) is 17.7. The highest BCUT2D eigenvalue weighted by Gasteiger charge is 2.30. The number of ether oxygens (including phenoxy) is 2. The summed E-state index contributed by atoms with van der Waals surface area (Å²) in [4.78, 5) is 17.6. The summed E-state index contributed by atoms with van der Waals surface area (Å²) < 4.78 is 12.9. The van der Waals surface area contributed by atoms with Crippen molar-refractivity contribution in [1.29, 1.82) is 0 Å². The molecule has 0 radical (unpaired) electrons. The lowest BCUT2D eigenvalue weighted by molar-refractivity contribution is -0.0717. The molecule has 0 aliphatic carbocycles. The number of amides is 2. The van der Waals surface area contributed by atoms with Crippen molar-refractivity contribution in [3.8, 4) is 5.75 Å². The number of benzene rings is 1. The number of nitrogens with one attached hydrogen (secondary N) is 1. The van der Waals surface area contributed by atoms with Gasteiger partial charge in [0.1, 0.15) is 5.75 Å². The van der Waals surface area contributed by atoms with Crippen molar-refractivity contribution in [2.75, 3.05) is 32.9 Å². The molecule has 0 atom stereocenters. The average Bonchev–Trinajstić information content (AvgIpc) is 3.17. The molecule has 2 aliphatic heterocycles. The lowest BCUT2D eigenvalue weighted by atomic mass is 10.0. The van der Waals surface area contributed by atoms with Crippen molar-refractivity contribution in [3.05, 3.63) is 47.8 Å². The molecular formula is C25H37N5O3. The van der Waals surface area contributed by atoms with Gasteiger partial charge in [0.25, 0.3) is 0 Å². The number of hydrogen-bond acceptors (Lipinski definition) is 5. The minimum atomic E-state index is -0.0359. The van der Waals surface area contributed by atoms with Gasteiger partial charge in [-0.05, 0) is 42.5 Å². The van der Waals surface area contributed by atoms with E-state index in [4.69, 9.17) is 9.47 Å². The number of aryl methyl sites for hydroxylation is 1. The van der Waals surface area contributed by atoms with E-state index in [-0.39, 0.29) is 12.1 Å². The summed E-state index contributed by atoms with van der Waals surface area (Å²) in [7, 11) is 1.89. The van der Waals surface area contributed by atoms with Crippen LogP contribution in [0, 0.1) is 5.92 Å². The Balaban J connectivity index is 1.36. The largest absolute Gasteiger partial charge is 0.493 e. The van der Waals surface area contributed by atoms with Gasteiger partial charge in [-0.1, -0.05) is 26.0 Å². The van der Waals surface area contributed by atoms with Crippen LogP contribution < -0.4 is 10.1 Å². The molecular weight excluding hydrogens is 418 g/mol. The Labute approximate surface area is 196 Å². The van der Waals surface area contributed by atoms with Crippen LogP contribution >= 0.6 is 0 Å². The van der Waals surface area contributed by atoms with Crippen molar-refractivity contribution < 1.29 is 14.3 Å². The smallest absolute Gasteiger partial charge is 0.318 e. The number of rotatable bonds is 9. The van der Waals surface area contributed by atoms with Gasteiger partial charge in [-0.15, -0.1) is 0 Å². The fourth-order valence-electron chi connectivity index (χ4n) is 4.23. The first kappa shape index (κ1) is 23.6. The Morgan fingerprint density at radius 2 is 1.91 bits per heavy atom. The second-order valence-corrected chi connectivity index (χ2v) is 9.64. The van der Waals surface area contributed by atoms with Gasteiger partial charge in [0, 0.05) is 38.9 Å². The van der Waals surface area contributed by atoms with E-state index in [1.54, 1.807) is 4.68 Å². The number of nitrogens with zero attached hydrogens (tertiary/aromatic N) is 4. The fourth-order valence-corrected chi connectivity index (χ4v) is 4.23. The summed E-state index contributed by atoms with van der Waals surface area (Å²) in [5.74, 6) is 1.34. The summed E-state index contributed by atoms with van der Waals surface area (Å²) in [6.45, 7) is 9.66. The Morgan fingerprint density at radius 1 is 1.18 bits per heavy atom. The molecule has 0 bridgehead atoms. The van der Waals surface area contributed by atoms with Crippen molar-refractivity contribution in [1.82, 2.24) is 24.9 Å². The number of carbonyl (C=O) groups is 1. The van der Waals surface area contributed by atoms with E-state index < -0.39 is 0 Å². The molecule has 2 aromatic rings. The summed E-state index contributed by atoms with van der Waals surface area (Å²) in [5, 5.41) is 7.75. The SMILES string of the molecule is CC(C)COc1ccc(CN(Cc2ccn(C)n2)C(=O)NC2CCN(C3COC3)CC2)cc1. The predicted molar refractivity (Wildman–Crippen MR) is 127 cm³/mol. The van der Waals surface area contributed by atoms with Crippen LogP contribution in [0.2, 0.25) is 0 Å². The zero-order valence-corrected chi connectivity index (χ0v) is 20.1. The maximum absolute atomic E-state index is 13.3. The van der Waals surface area contributed by atoms with Crippen LogP contribution in [0.1, 0.15) is 37.9 Å². The highest BCUT2D eigenvalue weighted by molar-refractivity contribution is 5.74. The molecule has 2 aliphatic rings. The van der Waals surface area contributed by atoms with Crippen LogP contribution in [0.4, 0.5) is 4.79 Å². The monoisotopic (exact) mass is 455 g/mol. The van der Waals surface area contributed by atoms with Crippen molar-refractivity contribution in [2.24, 2.45) is 13.0 Å². The first-order valence-electron chi connectivity index (χ1n) is 12.0. The van der Waals surface area contributed by atoms with Crippen molar-refractivity contribution >= 4 is 6.03 Å². The third-order valence-electron chi connectivity index (χ3n) is 6.28. The van der Waals surface area contributed by atoms with Gasteiger partial charge in [0.2, 0.25) is 0 Å². The average molecular weight is 456 g/mol. The second kappa shape index (κ2) is 11.0. The number of carbonyl (C=O) groups excluding carboxylic acids is 1. The van der Waals surface area contributed by atoms with Crippen LogP contribution in [0.15, 0.2) is 36.5 Å². The van der Waals surface area contributed by atoms with Gasteiger partial charge in [0.15, 0.2) is 0 Å². The highest BCUT2D eigenvalue weighted by Crippen LogP contribution is 2.19. The quantitative estimate of drug-likeness (QED) is 0.629. The Bertz CT molecular complexity index is 886. The molecule has 8 nitrogen and oxygen atoms in total. The molecule has 2 fully saturated rings. The molecule has 4 rings (SSSR count). The molecule has 2 saturated heterocycles. The van der Waals surface area contributed by atoms with Crippen LogP contribution in [0.5, 0.6) is 5.75 Å². The van der Waals surface area contributed by atoms with Gasteiger partial charge >= 0.3 is 6.03 Å². The number of aromatic nitrogens is 2. The van der Waals surface area contributed by atoms with Gasteiger partial charge in [-0.3, -0.25) is 9.58 Å². The Kier molecular flexibility index (Phi) is 7.88. The van der Waals surface area contributed by atoms with Gasteiger partial charge < -0.3 is 19.7 Å². The van der Waals surface area contributed by atoms with Gasteiger partial charge in [0.05, 0.1) is 38.1 Å². The van der Waals surface area contributed by atoms with Crippen LogP contribution in [0.3, 0.4) is 0 Å². The molecule has 1 N–H and O–H groups in total. The minimum absolute atomic E-state index is 0.0359. The van der Waals surface area contributed by atoms with Crippen LogP contribution in [0.25, 0.3) is 0 Å². The molecule has 0 saturated carbocycles. The van der Waals surface area contributed by atoms with Crippen LogP contribution in [-0.4, -0.2) is 70.6 Å². The standard InChI is InChI=1S/C25H37N5O3/c1-19(2)16-33-24-6-4-20(5-7-24)14-30(15-22-8-11-28(3)27-22)25(31)26-21-9-12-29(13-10-21)23-17-32-18-23/h4-8,11,19,21,23H,9-10,12-18H2,1-3H3,(H,26,31). The molecule has 2 amide bonds. The van der Waals surface area contributed by atoms with E-state index in [9.17, 15) is 4.79 Å². The number of hydrogen-bond donors (Lipinski definition) is 1. The third kappa shape index (κ3) is 6.71. The molecule has 3 heterocycles. The number of piperidine rings is 1. The molecule has 33 heavy (non-hydrogen) atoms. The van der Waals surface area contributed by atoms with E-state index in [0.717, 1.165) is 56.2 Å². The maximum atomic E-state index is 13.3. The van der Waals surface area contributed by atoms with E-state index in [2.05, 4.69) is 29.2 Å². The molecule has 1 aromatic carbocycles. The molecule has 0 unspecified atom stereocenters. The Hall–Kier alpha value is -2.58. The van der Waals surface area contributed by atoms with E-state index in [0.29, 0.717) is 31.7 Å². The number of likely N-dealkylation sites (tertiary alicyclic amines) is 1. The van der Waals surface area contributed by atoms with Crippen LogP contribution in [-0.2, 0) is 24.9 Å². The summed E-state index contributed by atoms with van der Waals surface area (Å²) in [6.07, 6.45) is 3.86. The first-order chi connectivity index (χ1) is 16.0. The molecule has 8 heteroatoms. The minimum Gasteiger partial charge on any atom is -0.493 e. The molecule has 0 spiro atoms. The van der Waals surface area contributed by atoms with E-state index in [1.165, 1.54) is 0 Å². The van der Waals surface area contributed by atoms with Crippen molar-refractivity contribution in [2.45, 2.75) is 51.9 Å². The zero-order chi connectivity index (χ0) is 23.2. The molecule has 1 aromatic heterocycles. The lowest BCUT2D eigenvalue weighted by Gasteiger charge is -2.41. The third-order valence-corrected chi connectivity index (χ3v) is 6.28. The first-order valence-corrected chi connectivity index (χ1v) is 12.0. The van der Waals surface area contributed by atoms with Gasteiger partial charge in [-0.2, -0.15) is 5.10 Å². The summed E-state index contributed by atoms with van der Waals surface area (Å²) in [6, 6.07) is 10.7. The maximum Gasteiger partial charge on any atom is 0.318 e. The predicted octanol–water partition coefficient (Wildman–Crippen LogP) is 3.03. The summed E-state index contributed by atoms with van der Waals surface area (Å²) >= 11 is 0. The second-order valence-electron chi connectivity index (χ2n) is 9.64. The molecule has 180 valence electrons. The highest BCUT2D eigenvalue weighted by atomic mass is 16.5. The fraction of sp³-hybridized carbons (Fsp3) is 0.600. The van der Waals surface area contributed by atoms with E-state index >= 15 is 0 Å². The zero-order valence-electron chi connectivity index (χ0n) is 20.1. The lowest BCUT2D eigenvalue weighted by Crippen LogP contribution is -2.55. The summed E-state index contributed by atoms with van der Waals surface area (Å²) in [5.41, 5.74) is 1.95. The number of urea groups is 1. The Morgan fingerprint density at radius 3 is 2.48 bits per heavy atom. The van der Waals surface area contributed by atoms with Crippen molar-refractivity contribution in [3.63, 3.8) is 0 Å². The van der Waals surface area contributed by atoms with Gasteiger partial charge in [-0.25, -0.2) is 4.79 Å². The topological polar surface area (TPSA) is 71.9 Å². The van der Waals surface area contributed by atoms with E-state index in [1.807, 2.05) is 48.5 Å².